The lowest BCUT2D eigenvalue weighted by Gasteiger charge is -2.28. The average Bonchev–Trinajstić information content (AvgIpc) is 2.17. The number of hydrogen-bond acceptors (Lipinski definition) is 2. The lowest BCUT2D eigenvalue weighted by Crippen LogP contribution is -2.18. The second kappa shape index (κ2) is 4.75. The SMILES string of the molecule is CC(C)(C)c1cc(C[C]=O)cc(C(C)(C)C)c1O. The summed E-state index contributed by atoms with van der Waals surface area (Å²) in [5, 5.41) is 10.5. The molecule has 2 nitrogen and oxygen atoms in total. The van der Waals surface area contributed by atoms with Crippen LogP contribution in [0, 0.1) is 0 Å². The number of phenolic OH excluding ortho intramolecular Hbond substituents is 1. The molecule has 1 aromatic carbocycles. The number of rotatable bonds is 2. The minimum absolute atomic E-state index is 0.150. The van der Waals surface area contributed by atoms with Gasteiger partial charge in [0.15, 0.2) is 0 Å². The molecule has 2 heteroatoms. The number of phenols is 1. The number of benzene rings is 1. The zero-order chi connectivity index (χ0) is 14.1. The average molecular weight is 247 g/mol. The van der Waals surface area contributed by atoms with Gasteiger partial charge in [-0.15, -0.1) is 0 Å². The first-order chi connectivity index (χ1) is 8.07. The molecule has 1 radical (unpaired) electrons. The van der Waals surface area contributed by atoms with Gasteiger partial charge in [-0.3, -0.25) is 4.79 Å². The van der Waals surface area contributed by atoms with Gasteiger partial charge in [-0.25, -0.2) is 0 Å². The fraction of sp³-hybridized carbons (Fsp3) is 0.562. The van der Waals surface area contributed by atoms with Crippen LogP contribution in [-0.2, 0) is 22.0 Å². The third kappa shape index (κ3) is 3.12. The van der Waals surface area contributed by atoms with Gasteiger partial charge < -0.3 is 5.11 Å². The molecule has 0 aliphatic carbocycles. The molecule has 0 heterocycles. The van der Waals surface area contributed by atoms with Crippen molar-refractivity contribution in [1.29, 1.82) is 0 Å². The lowest BCUT2D eigenvalue weighted by molar-refractivity contribution is 0.423. The molecule has 1 N–H and O–H groups in total. The van der Waals surface area contributed by atoms with Crippen LogP contribution < -0.4 is 0 Å². The summed E-state index contributed by atoms with van der Waals surface area (Å²) in [6.45, 7) is 12.4. The second-order valence-corrected chi connectivity index (χ2v) is 6.86. The Morgan fingerprint density at radius 1 is 1.00 bits per heavy atom. The maximum absolute atomic E-state index is 10.6. The first-order valence-corrected chi connectivity index (χ1v) is 6.29. The predicted molar refractivity (Wildman–Crippen MR) is 74.9 cm³/mol. The molecule has 0 bridgehead atoms. The fourth-order valence-corrected chi connectivity index (χ4v) is 2.02. The van der Waals surface area contributed by atoms with Gasteiger partial charge in [0.2, 0.25) is 6.29 Å². The number of hydrogen-bond donors (Lipinski definition) is 1. The highest BCUT2D eigenvalue weighted by Gasteiger charge is 2.26. The molecule has 99 valence electrons. The monoisotopic (exact) mass is 247 g/mol. The minimum Gasteiger partial charge on any atom is -0.507 e. The smallest absolute Gasteiger partial charge is 0.203 e. The molecule has 0 spiro atoms. The third-order valence-corrected chi connectivity index (χ3v) is 3.06. The molecule has 1 aromatic rings. The lowest BCUT2D eigenvalue weighted by atomic mass is 9.78. The Morgan fingerprint density at radius 2 is 1.39 bits per heavy atom. The molecule has 0 fully saturated rings. The van der Waals surface area contributed by atoms with Gasteiger partial charge in [0.1, 0.15) is 5.75 Å². The highest BCUT2D eigenvalue weighted by Crippen LogP contribution is 2.39. The third-order valence-electron chi connectivity index (χ3n) is 3.06. The maximum Gasteiger partial charge on any atom is 0.203 e. The minimum atomic E-state index is -0.150. The molecule has 0 aromatic heterocycles. The van der Waals surface area contributed by atoms with E-state index in [-0.39, 0.29) is 17.3 Å². The van der Waals surface area contributed by atoms with E-state index in [2.05, 4.69) is 41.5 Å². The molecule has 0 unspecified atom stereocenters. The second-order valence-electron chi connectivity index (χ2n) is 6.86. The molecule has 0 saturated carbocycles. The Hall–Kier alpha value is -1.31. The fourth-order valence-electron chi connectivity index (χ4n) is 2.02. The molecular weight excluding hydrogens is 224 g/mol. The standard InChI is InChI=1S/C16H23O2/c1-15(2,3)12-9-11(7-8-17)10-13(14(12)18)16(4,5)6/h9-10,18H,7H2,1-6H3. The van der Waals surface area contributed by atoms with Crippen LogP contribution in [0.2, 0.25) is 0 Å². The van der Waals surface area contributed by atoms with Crippen molar-refractivity contribution in [3.05, 3.63) is 28.8 Å². The molecule has 0 saturated heterocycles. The zero-order valence-corrected chi connectivity index (χ0v) is 12.2. The van der Waals surface area contributed by atoms with Gasteiger partial charge in [-0.05, 0) is 27.5 Å². The van der Waals surface area contributed by atoms with E-state index >= 15 is 0 Å². The van der Waals surface area contributed by atoms with Gasteiger partial charge in [-0.2, -0.15) is 0 Å². The molecule has 18 heavy (non-hydrogen) atoms. The molecule has 0 aliphatic heterocycles. The Labute approximate surface area is 110 Å². The first kappa shape index (κ1) is 14.7. The molecule has 0 atom stereocenters. The number of aromatic hydroxyl groups is 1. The van der Waals surface area contributed by atoms with E-state index in [1.165, 1.54) is 0 Å². The van der Waals surface area contributed by atoms with Crippen molar-refractivity contribution in [3.8, 4) is 5.75 Å². The highest BCUT2D eigenvalue weighted by atomic mass is 16.3. The summed E-state index contributed by atoms with van der Waals surface area (Å²) < 4.78 is 0. The van der Waals surface area contributed by atoms with Crippen molar-refractivity contribution in [1.82, 2.24) is 0 Å². The van der Waals surface area contributed by atoms with Crippen LogP contribution in [0.15, 0.2) is 12.1 Å². The van der Waals surface area contributed by atoms with Crippen LogP contribution in [-0.4, -0.2) is 11.4 Å². The maximum atomic E-state index is 10.6. The van der Waals surface area contributed by atoms with E-state index in [9.17, 15) is 9.90 Å². The summed E-state index contributed by atoms with van der Waals surface area (Å²) in [6, 6.07) is 3.82. The van der Waals surface area contributed by atoms with Gasteiger partial charge in [0.25, 0.3) is 0 Å². The van der Waals surface area contributed by atoms with E-state index in [1.54, 1.807) is 0 Å². The van der Waals surface area contributed by atoms with E-state index < -0.39 is 0 Å². The Balaban J connectivity index is 3.53. The summed E-state index contributed by atoms with van der Waals surface area (Å²) >= 11 is 0. The van der Waals surface area contributed by atoms with E-state index in [1.807, 2.05) is 18.4 Å². The molecule has 0 aliphatic rings. The zero-order valence-electron chi connectivity index (χ0n) is 12.2. The van der Waals surface area contributed by atoms with Crippen molar-refractivity contribution in [2.45, 2.75) is 58.8 Å². The predicted octanol–water partition coefficient (Wildman–Crippen LogP) is 3.64. The van der Waals surface area contributed by atoms with Gasteiger partial charge >= 0.3 is 0 Å². The van der Waals surface area contributed by atoms with Crippen molar-refractivity contribution < 1.29 is 9.90 Å². The van der Waals surface area contributed by atoms with Crippen molar-refractivity contribution in [2.75, 3.05) is 0 Å². The van der Waals surface area contributed by atoms with E-state index in [0.717, 1.165) is 16.7 Å². The summed E-state index contributed by atoms with van der Waals surface area (Å²) in [7, 11) is 0. The molecule has 0 amide bonds. The summed E-state index contributed by atoms with van der Waals surface area (Å²) in [5.41, 5.74) is 2.39. The largest absolute Gasteiger partial charge is 0.507 e. The van der Waals surface area contributed by atoms with Crippen molar-refractivity contribution in [2.24, 2.45) is 0 Å². The summed E-state index contributed by atoms with van der Waals surface area (Å²) in [4.78, 5) is 10.6. The van der Waals surface area contributed by atoms with Crippen LogP contribution in [0.1, 0.15) is 58.2 Å². The Kier molecular flexibility index (Phi) is 3.89. The molecular formula is C16H23O2. The Bertz CT molecular complexity index is 410. The topological polar surface area (TPSA) is 37.3 Å². The van der Waals surface area contributed by atoms with Crippen LogP contribution >= 0.6 is 0 Å². The van der Waals surface area contributed by atoms with Gasteiger partial charge in [-0.1, -0.05) is 53.7 Å². The quantitative estimate of drug-likeness (QED) is 0.866. The number of carbonyl (C=O) groups excluding carboxylic acids is 1. The Morgan fingerprint density at radius 3 is 1.67 bits per heavy atom. The van der Waals surface area contributed by atoms with Crippen LogP contribution in [0.25, 0.3) is 0 Å². The van der Waals surface area contributed by atoms with E-state index in [0.29, 0.717) is 5.75 Å². The van der Waals surface area contributed by atoms with Crippen LogP contribution in [0.4, 0.5) is 0 Å². The van der Waals surface area contributed by atoms with Gasteiger partial charge in [0.05, 0.1) is 0 Å². The summed E-state index contributed by atoms with van der Waals surface area (Å²) in [5.74, 6) is 0.352. The first-order valence-electron chi connectivity index (χ1n) is 6.29. The van der Waals surface area contributed by atoms with Gasteiger partial charge in [0, 0.05) is 6.42 Å². The summed E-state index contributed by atoms with van der Waals surface area (Å²) in [6.07, 6.45) is 2.20. The molecule has 1 rings (SSSR count). The van der Waals surface area contributed by atoms with Crippen molar-refractivity contribution in [3.63, 3.8) is 0 Å². The van der Waals surface area contributed by atoms with E-state index in [4.69, 9.17) is 0 Å². The van der Waals surface area contributed by atoms with Crippen LogP contribution in [0.3, 0.4) is 0 Å². The normalized spacial score (nSPS) is 12.6. The van der Waals surface area contributed by atoms with Crippen LogP contribution in [0.5, 0.6) is 5.75 Å². The highest BCUT2D eigenvalue weighted by molar-refractivity contribution is 5.59. The van der Waals surface area contributed by atoms with Crippen molar-refractivity contribution >= 4 is 6.29 Å².